The van der Waals surface area contributed by atoms with Gasteiger partial charge in [-0.15, -0.1) is 0 Å². The monoisotopic (exact) mass is 320 g/mol. The summed E-state index contributed by atoms with van der Waals surface area (Å²) in [5.41, 5.74) is 2.76. The van der Waals surface area contributed by atoms with Crippen molar-refractivity contribution < 1.29 is 4.74 Å². The largest absolute Gasteiger partial charge is 0.374 e. The second kappa shape index (κ2) is 7.77. The van der Waals surface area contributed by atoms with E-state index in [0.29, 0.717) is 5.92 Å². The highest BCUT2D eigenvalue weighted by molar-refractivity contribution is 5.21. The number of rotatable bonds is 6. The molecule has 1 spiro atoms. The van der Waals surface area contributed by atoms with Crippen LogP contribution in [-0.4, -0.2) is 54.5 Å². The molecule has 5 heteroatoms. The number of hydrogen-bond donors (Lipinski definition) is 2. The van der Waals surface area contributed by atoms with E-state index >= 15 is 0 Å². The minimum Gasteiger partial charge on any atom is -0.374 e. The zero-order valence-electron chi connectivity index (χ0n) is 14.7. The number of H-pyrrole nitrogens is 1. The summed E-state index contributed by atoms with van der Waals surface area (Å²) in [6.07, 6.45) is 11.1. The van der Waals surface area contributed by atoms with Crippen LogP contribution in [0.5, 0.6) is 0 Å². The molecule has 130 valence electrons. The molecule has 2 aliphatic rings. The fourth-order valence-corrected chi connectivity index (χ4v) is 4.15. The van der Waals surface area contributed by atoms with Crippen LogP contribution in [0.15, 0.2) is 6.20 Å². The predicted octanol–water partition coefficient (Wildman–Crippen LogP) is 2.66. The molecule has 0 amide bonds. The first-order chi connectivity index (χ1) is 11.2. The fraction of sp³-hybridized carbons (Fsp3) is 0.833. The molecule has 1 saturated carbocycles. The van der Waals surface area contributed by atoms with Gasteiger partial charge in [0.25, 0.3) is 0 Å². The molecule has 2 fully saturated rings. The molecule has 0 bridgehead atoms. The van der Waals surface area contributed by atoms with Crippen molar-refractivity contribution in [1.82, 2.24) is 20.4 Å². The summed E-state index contributed by atoms with van der Waals surface area (Å²) in [6.45, 7) is 3.86. The minimum atomic E-state index is 0.203. The van der Waals surface area contributed by atoms with Crippen LogP contribution in [0.2, 0.25) is 0 Å². The van der Waals surface area contributed by atoms with Crippen molar-refractivity contribution in [2.45, 2.75) is 63.0 Å². The molecule has 2 heterocycles. The average Bonchev–Trinajstić information content (AvgIpc) is 3.02. The summed E-state index contributed by atoms with van der Waals surface area (Å²) < 4.78 is 6.39. The standard InChI is InChI=1S/C18H32N4O/c1-19-10-11-22(2)13-16-12-20-21-17(16)15-6-9-18(23-14-15)7-4-3-5-8-18/h12,15,19H,3-11,13-14H2,1-2H3,(H,20,21)/t15-/m1/s1. The Morgan fingerprint density at radius 1 is 1.35 bits per heavy atom. The van der Waals surface area contributed by atoms with Crippen LogP contribution in [0, 0.1) is 0 Å². The van der Waals surface area contributed by atoms with Gasteiger partial charge in [0.15, 0.2) is 0 Å². The summed E-state index contributed by atoms with van der Waals surface area (Å²) in [5.74, 6) is 0.460. The van der Waals surface area contributed by atoms with Crippen molar-refractivity contribution in [1.29, 1.82) is 0 Å². The topological polar surface area (TPSA) is 53.2 Å². The van der Waals surface area contributed by atoms with Crippen LogP contribution in [0.25, 0.3) is 0 Å². The van der Waals surface area contributed by atoms with Crippen LogP contribution in [0.1, 0.15) is 62.1 Å². The first-order valence-corrected chi connectivity index (χ1v) is 9.22. The van der Waals surface area contributed by atoms with E-state index in [9.17, 15) is 0 Å². The third-order valence-electron chi connectivity index (χ3n) is 5.63. The van der Waals surface area contributed by atoms with Gasteiger partial charge in [-0.05, 0) is 39.8 Å². The normalized spacial score (nSPS) is 24.4. The molecular formula is C18H32N4O. The quantitative estimate of drug-likeness (QED) is 0.846. The van der Waals surface area contributed by atoms with Gasteiger partial charge < -0.3 is 15.0 Å². The number of nitrogens with one attached hydrogen (secondary N) is 2. The summed E-state index contributed by atoms with van der Waals surface area (Å²) in [5, 5.41) is 10.8. The molecular weight excluding hydrogens is 288 g/mol. The Morgan fingerprint density at radius 3 is 2.87 bits per heavy atom. The SMILES string of the molecule is CNCCN(C)Cc1c[nH]nc1[C@@H]1CCC2(CCCCC2)OC1. The molecule has 23 heavy (non-hydrogen) atoms. The predicted molar refractivity (Wildman–Crippen MR) is 92.6 cm³/mol. The van der Waals surface area contributed by atoms with Gasteiger partial charge in [-0.25, -0.2) is 0 Å². The van der Waals surface area contributed by atoms with E-state index in [4.69, 9.17) is 4.74 Å². The molecule has 1 atom stereocenters. The fourth-order valence-electron chi connectivity index (χ4n) is 4.15. The maximum Gasteiger partial charge on any atom is 0.0720 e. The zero-order chi connectivity index (χ0) is 16.1. The molecule has 0 unspecified atom stereocenters. The number of nitrogens with zero attached hydrogens (tertiary/aromatic N) is 2. The van der Waals surface area contributed by atoms with E-state index in [1.165, 1.54) is 56.2 Å². The van der Waals surface area contributed by atoms with E-state index in [2.05, 4.69) is 33.7 Å². The lowest BCUT2D eigenvalue weighted by Crippen LogP contribution is -2.40. The molecule has 1 aromatic heterocycles. The van der Waals surface area contributed by atoms with Crippen LogP contribution in [0.3, 0.4) is 0 Å². The van der Waals surface area contributed by atoms with Crippen molar-refractivity contribution in [3.63, 3.8) is 0 Å². The van der Waals surface area contributed by atoms with E-state index in [1.807, 2.05) is 7.05 Å². The van der Waals surface area contributed by atoms with E-state index < -0.39 is 0 Å². The molecule has 1 aliphatic carbocycles. The third kappa shape index (κ3) is 4.14. The van der Waals surface area contributed by atoms with Gasteiger partial charge in [0.2, 0.25) is 0 Å². The second-order valence-corrected chi connectivity index (χ2v) is 7.43. The van der Waals surface area contributed by atoms with E-state index in [-0.39, 0.29) is 5.60 Å². The van der Waals surface area contributed by atoms with Crippen molar-refractivity contribution in [3.8, 4) is 0 Å². The van der Waals surface area contributed by atoms with Gasteiger partial charge in [0, 0.05) is 37.3 Å². The Bertz CT molecular complexity index is 471. The van der Waals surface area contributed by atoms with Gasteiger partial charge >= 0.3 is 0 Å². The summed E-state index contributed by atoms with van der Waals surface area (Å²) in [7, 11) is 4.17. The first kappa shape index (κ1) is 16.9. The van der Waals surface area contributed by atoms with Gasteiger partial charge in [-0.1, -0.05) is 19.3 Å². The van der Waals surface area contributed by atoms with Crippen molar-refractivity contribution in [2.75, 3.05) is 33.8 Å². The Balaban J connectivity index is 1.57. The summed E-state index contributed by atoms with van der Waals surface area (Å²) >= 11 is 0. The third-order valence-corrected chi connectivity index (χ3v) is 5.63. The number of aromatic nitrogens is 2. The Hall–Kier alpha value is -0.910. The number of hydrogen-bond acceptors (Lipinski definition) is 4. The maximum absolute atomic E-state index is 6.39. The Morgan fingerprint density at radius 2 is 2.17 bits per heavy atom. The number of ether oxygens (including phenoxy) is 1. The average molecular weight is 320 g/mol. The minimum absolute atomic E-state index is 0.203. The van der Waals surface area contributed by atoms with Crippen molar-refractivity contribution in [3.05, 3.63) is 17.5 Å². The number of aromatic amines is 1. The maximum atomic E-state index is 6.39. The van der Waals surface area contributed by atoms with Crippen molar-refractivity contribution in [2.24, 2.45) is 0 Å². The lowest BCUT2D eigenvalue weighted by atomic mass is 9.77. The zero-order valence-corrected chi connectivity index (χ0v) is 14.7. The van der Waals surface area contributed by atoms with E-state index in [0.717, 1.165) is 26.2 Å². The van der Waals surface area contributed by atoms with Crippen LogP contribution in [-0.2, 0) is 11.3 Å². The highest BCUT2D eigenvalue weighted by atomic mass is 16.5. The lowest BCUT2D eigenvalue weighted by molar-refractivity contribution is -0.108. The molecule has 3 rings (SSSR count). The highest BCUT2D eigenvalue weighted by Gasteiger charge is 2.38. The van der Waals surface area contributed by atoms with Crippen LogP contribution in [0.4, 0.5) is 0 Å². The summed E-state index contributed by atoms with van der Waals surface area (Å²) in [6, 6.07) is 0. The molecule has 0 radical (unpaired) electrons. The van der Waals surface area contributed by atoms with Crippen molar-refractivity contribution >= 4 is 0 Å². The Kier molecular flexibility index (Phi) is 5.72. The van der Waals surface area contributed by atoms with Gasteiger partial charge in [0.05, 0.1) is 17.9 Å². The van der Waals surface area contributed by atoms with Gasteiger partial charge in [-0.3, -0.25) is 5.10 Å². The molecule has 1 aliphatic heterocycles. The highest BCUT2D eigenvalue weighted by Crippen LogP contribution is 2.42. The Labute approximate surface area is 140 Å². The van der Waals surface area contributed by atoms with Gasteiger partial charge in [0.1, 0.15) is 0 Å². The number of likely N-dealkylation sites (N-methyl/N-ethyl adjacent to an activating group) is 2. The molecule has 1 saturated heterocycles. The summed E-state index contributed by atoms with van der Waals surface area (Å²) in [4.78, 5) is 2.34. The molecule has 0 aromatic carbocycles. The molecule has 1 aromatic rings. The first-order valence-electron chi connectivity index (χ1n) is 9.22. The van der Waals surface area contributed by atoms with Crippen LogP contribution >= 0.6 is 0 Å². The molecule has 2 N–H and O–H groups in total. The lowest BCUT2D eigenvalue weighted by Gasteiger charge is -2.42. The van der Waals surface area contributed by atoms with E-state index in [1.54, 1.807) is 0 Å². The van der Waals surface area contributed by atoms with Crippen LogP contribution < -0.4 is 5.32 Å². The second-order valence-electron chi connectivity index (χ2n) is 7.43. The smallest absolute Gasteiger partial charge is 0.0720 e. The van der Waals surface area contributed by atoms with Gasteiger partial charge in [-0.2, -0.15) is 5.10 Å². The molecule has 5 nitrogen and oxygen atoms in total.